The number of benzene rings is 1. The molecule has 2 aliphatic carbocycles. The first-order valence-electron chi connectivity index (χ1n) is 7.74. The van der Waals surface area contributed by atoms with Crippen molar-refractivity contribution >= 4 is 15.8 Å². The lowest BCUT2D eigenvalue weighted by Crippen LogP contribution is -2.14. The third-order valence-corrected chi connectivity index (χ3v) is 5.44. The van der Waals surface area contributed by atoms with E-state index in [2.05, 4.69) is 0 Å². The summed E-state index contributed by atoms with van der Waals surface area (Å²) in [6.45, 7) is 0. The van der Waals surface area contributed by atoms with Crippen molar-refractivity contribution in [3.05, 3.63) is 64.1 Å². The van der Waals surface area contributed by atoms with Crippen LogP contribution in [0.25, 0.3) is 5.57 Å². The molecule has 0 heterocycles. The van der Waals surface area contributed by atoms with Crippen LogP contribution in [0.1, 0.15) is 37.7 Å². The van der Waals surface area contributed by atoms with E-state index in [-0.39, 0.29) is 29.8 Å². The largest absolute Gasteiger partial charge is 0.211 e. The molecule has 0 spiro atoms. The summed E-state index contributed by atoms with van der Waals surface area (Å²) in [5, 5.41) is 1.18. The van der Waals surface area contributed by atoms with Crippen LogP contribution in [0, 0.1) is 11.7 Å². The van der Waals surface area contributed by atoms with E-state index in [4.69, 9.17) is 0 Å². The molecular formula is C18H19F3Si. The van der Waals surface area contributed by atoms with Crippen molar-refractivity contribution in [2.75, 3.05) is 0 Å². The van der Waals surface area contributed by atoms with Gasteiger partial charge in [0, 0.05) is 16.7 Å². The Balaban J connectivity index is 1.83. The minimum Gasteiger partial charge on any atom is -0.211 e. The quantitative estimate of drug-likeness (QED) is 0.700. The normalized spacial score (nSPS) is 23.0. The molecule has 22 heavy (non-hydrogen) atoms. The molecule has 0 saturated heterocycles. The van der Waals surface area contributed by atoms with Crippen LogP contribution in [0.4, 0.5) is 13.2 Å². The van der Waals surface area contributed by atoms with Crippen LogP contribution in [0.15, 0.2) is 52.8 Å². The Labute approximate surface area is 131 Å². The van der Waals surface area contributed by atoms with Crippen molar-refractivity contribution in [1.82, 2.24) is 0 Å². The third kappa shape index (κ3) is 3.12. The van der Waals surface area contributed by atoms with E-state index in [9.17, 15) is 13.2 Å². The van der Waals surface area contributed by atoms with E-state index in [0.717, 1.165) is 40.6 Å². The molecule has 0 amide bonds. The zero-order valence-electron chi connectivity index (χ0n) is 12.6. The molecule has 4 heteroatoms. The van der Waals surface area contributed by atoms with Crippen molar-refractivity contribution in [2.24, 2.45) is 5.92 Å². The van der Waals surface area contributed by atoms with Crippen LogP contribution in [0.5, 0.6) is 0 Å². The minimum atomic E-state index is -0.321. The summed E-state index contributed by atoms with van der Waals surface area (Å²) in [6, 6.07) is 5.93. The van der Waals surface area contributed by atoms with Gasteiger partial charge in [0.2, 0.25) is 0 Å². The molecule has 1 atom stereocenters. The maximum Gasteiger partial charge on any atom is 0.123 e. The highest BCUT2D eigenvalue weighted by atomic mass is 28.1. The van der Waals surface area contributed by atoms with Crippen molar-refractivity contribution in [3.63, 3.8) is 0 Å². The summed E-state index contributed by atoms with van der Waals surface area (Å²) in [4.78, 5) is 0. The molecule has 1 aromatic rings. The van der Waals surface area contributed by atoms with Crippen LogP contribution >= 0.6 is 0 Å². The second-order valence-electron chi connectivity index (χ2n) is 6.19. The SMILES string of the molecule is FC1=C(C2CCC(c3ccc(F)cc3)=C(F)C2)CCC([SiH3])=C1. The molecule has 0 saturated carbocycles. The zero-order chi connectivity index (χ0) is 15.7. The van der Waals surface area contributed by atoms with Gasteiger partial charge in [0.25, 0.3) is 0 Å². The molecule has 1 unspecified atom stereocenters. The molecule has 0 radical (unpaired) electrons. The van der Waals surface area contributed by atoms with Gasteiger partial charge in [-0.05, 0) is 66.5 Å². The smallest absolute Gasteiger partial charge is 0.123 e. The monoisotopic (exact) mass is 320 g/mol. The lowest BCUT2D eigenvalue weighted by Gasteiger charge is -2.28. The van der Waals surface area contributed by atoms with Crippen molar-refractivity contribution in [1.29, 1.82) is 0 Å². The van der Waals surface area contributed by atoms with E-state index < -0.39 is 0 Å². The molecule has 2 aliphatic rings. The number of rotatable bonds is 2. The molecule has 3 rings (SSSR count). The van der Waals surface area contributed by atoms with Crippen molar-refractivity contribution < 1.29 is 13.2 Å². The van der Waals surface area contributed by atoms with E-state index in [1.54, 1.807) is 18.2 Å². The summed E-state index contributed by atoms with van der Waals surface area (Å²) in [7, 11) is 0.891. The van der Waals surface area contributed by atoms with Gasteiger partial charge in [0.1, 0.15) is 17.5 Å². The predicted molar refractivity (Wildman–Crippen MR) is 87.2 cm³/mol. The second-order valence-corrected chi connectivity index (χ2v) is 7.48. The van der Waals surface area contributed by atoms with Gasteiger partial charge in [0.15, 0.2) is 0 Å². The molecule has 0 aromatic heterocycles. The highest BCUT2D eigenvalue weighted by Gasteiger charge is 2.27. The standard InChI is InChI=1S/C18H19F3Si/c19-13-4-1-11(2-5-13)15-7-3-12(9-17(15)20)16-8-6-14(22)10-18(16)21/h1-2,4-5,10,12H,3,6-9H2,22H3. The predicted octanol–water partition coefficient (Wildman–Crippen LogP) is 4.57. The summed E-state index contributed by atoms with van der Waals surface area (Å²) in [5.74, 6) is -0.670. The lowest BCUT2D eigenvalue weighted by atomic mass is 9.79. The average molecular weight is 320 g/mol. The average Bonchev–Trinajstić information content (AvgIpc) is 2.48. The molecule has 116 valence electrons. The second kappa shape index (κ2) is 6.29. The molecule has 0 aliphatic heterocycles. The molecule has 0 nitrogen and oxygen atoms in total. The summed E-state index contributed by atoms with van der Waals surface area (Å²) >= 11 is 0. The van der Waals surface area contributed by atoms with Crippen LogP contribution in [0.2, 0.25) is 0 Å². The molecule has 0 N–H and O–H groups in total. The minimum absolute atomic E-state index is 0.0322. The Morgan fingerprint density at radius 2 is 1.68 bits per heavy atom. The van der Waals surface area contributed by atoms with Crippen LogP contribution in [0.3, 0.4) is 0 Å². The highest BCUT2D eigenvalue weighted by Crippen LogP contribution is 2.42. The Morgan fingerprint density at radius 1 is 0.955 bits per heavy atom. The zero-order valence-corrected chi connectivity index (χ0v) is 14.6. The Hall–Kier alpha value is -1.55. The fourth-order valence-electron chi connectivity index (χ4n) is 3.38. The molecule has 1 aromatic carbocycles. The maximum absolute atomic E-state index is 14.5. The van der Waals surface area contributed by atoms with Gasteiger partial charge in [-0.3, -0.25) is 0 Å². The van der Waals surface area contributed by atoms with Crippen molar-refractivity contribution in [2.45, 2.75) is 32.1 Å². The van der Waals surface area contributed by atoms with Crippen LogP contribution in [-0.2, 0) is 0 Å². The lowest BCUT2D eigenvalue weighted by molar-refractivity contribution is 0.437. The van der Waals surface area contributed by atoms with E-state index >= 15 is 0 Å². The Kier molecular flexibility index (Phi) is 4.38. The van der Waals surface area contributed by atoms with Crippen molar-refractivity contribution in [3.8, 4) is 0 Å². The number of allylic oxidation sites excluding steroid dienone is 6. The summed E-state index contributed by atoms with van der Waals surface area (Å²) in [6.07, 6.45) is 4.89. The molecular weight excluding hydrogens is 301 g/mol. The van der Waals surface area contributed by atoms with Gasteiger partial charge in [-0.2, -0.15) is 0 Å². The maximum atomic E-state index is 14.5. The molecule has 0 bridgehead atoms. The van der Waals surface area contributed by atoms with Gasteiger partial charge in [-0.1, -0.05) is 17.3 Å². The topological polar surface area (TPSA) is 0 Å². The first kappa shape index (κ1) is 15.3. The fourth-order valence-corrected chi connectivity index (χ4v) is 3.88. The number of halogens is 3. The highest BCUT2D eigenvalue weighted by molar-refractivity contribution is 6.21. The fraction of sp³-hybridized carbons (Fsp3) is 0.333. The first-order chi connectivity index (χ1) is 10.5. The third-order valence-electron chi connectivity index (χ3n) is 4.65. The summed E-state index contributed by atoms with van der Waals surface area (Å²) in [5.41, 5.74) is 2.16. The van der Waals surface area contributed by atoms with E-state index in [1.165, 1.54) is 17.3 Å². The Morgan fingerprint density at radius 3 is 2.32 bits per heavy atom. The van der Waals surface area contributed by atoms with Crippen LogP contribution in [-0.4, -0.2) is 10.2 Å². The first-order valence-corrected chi connectivity index (χ1v) is 8.74. The molecule has 0 fully saturated rings. The summed E-state index contributed by atoms with van der Waals surface area (Å²) < 4.78 is 41.6. The van der Waals surface area contributed by atoms with Gasteiger partial charge >= 0.3 is 0 Å². The van der Waals surface area contributed by atoms with E-state index in [1.807, 2.05) is 0 Å². The van der Waals surface area contributed by atoms with Crippen LogP contribution < -0.4 is 0 Å². The van der Waals surface area contributed by atoms with Gasteiger partial charge < -0.3 is 0 Å². The van der Waals surface area contributed by atoms with Gasteiger partial charge in [0.05, 0.1) is 0 Å². The number of hydrogen-bond acceptors (Lipinski definition) is 0. The van der Waals surface area contributed by atoms with E-state index in [0.29, 0.717) is 12.0 Å². The van der Waals surface area contributed by atoms with Gasteiger partial charge in [-0.25, -0.2) is 13.2 Å². The Bertz CT molecular complexity index is 668. The number of hydrogen-bond donors (Lipinski definition) is 0. The van der Waals surface area contributed by atoms with Gasteiger partial charge in [-0.15, -0.1) is 0 Å².